The van der Waals surface area contributed by atoms with E-state index in [1.54, 1.807) is 30.4 Å². The third-order valence-electron chi connectivity index (χ3n) is 5.16. The Morgan fingerprint density at radius 1 is 1.26 bits per heavy atom. The number of carboxylic acid groups (broad SMARTS) is 1. The third kappa shape index (κ3) is 4.57. The highest BCUT2D eigenvalue weighted by atomic mass is 35.5. The number of aromatic nitrogens is 4. The summed E-state index contributed by atoms with van der Waals surface area (Å²) in [4.78, 5) is 26.9. The Hall–Kier alpha value is -2.91. The molecule has 0 fully saturated rings. The van der Waals surface area contributed by atoms with E-state index >= 15 is 0 Å². The van der Waals surface area contributed by atoms with Gasteiger partial charge in [0.05, 0.1) is 29.6 Å². The monoisotopic (exact) mass is 446 g/mol. The molecule has 9 nitrogen and oxygen atoms in total. The lowest BCUT2D eigenvalue weighted by Gasteiger charge is -2.23. The molecule has 0 aliphatic rings. The number of nitrogens with one attached hydrogen (secondary N) is 1. The SMILES string of the molecule is CC(C)[C@H](CO)Nc1nc(N(C)c2ccc(C(=O)O)c(Cl)c2)c2ncn(C(C)C)c2n1. The molecule has 0 saturated heterocycles. The van der Waals surface area contributed by atoms with Crippen molar-refractivity contribution in [1.29, 1.82) is 0 Å². The maximum absolute atomic E-state index is 11.3. The van der Waals surface area contributed by atoms with Crippen molar-refractivity contribution in [2.75, 3.05) is 23.9 Å². The van der Waals surface area contributed by atoms with Crippen molar-refractivity contribution < 1.29 is 15.0 Å². The van der Waals surface area contributed by atoms with E-state index in [1.165, 1.54) is 6.07 Å². The average Bonchev–Trinajstić information content (AvgIpc) is 3.14. The summed E-state index contributed by atoms with van der Waals surface area (Å²) in [5.74, 6) is -0.0124. The topological polar surface area (TPSA) is 116 Å². The number of benzene rings is 1. The molecule has 3 rings (SSSR count). The molecule has 0 spiro atoms. The van der Waals surface area contributed by atoms with Gasteiger partial charge in [0.1, 0.15) is 0 Å². The summed E-state index contributed by atoms with van der Waals surface area (Å²) in [6.45, 7) is 8.02. The van der Waals surface area contributed by atoms with Gasteiger partial charge in [0, 0.05) is 18.8 Å². The van der Waals surface area contributed by atoms with Crippen LogP contribution in [-0.4, -0.2) is 55.4 Å². The fourth-order valence-electron chi connectivity index (χ4n) is 3.18. The summed E-state index contributed by atoms with van der Waals surface area (Å²) in [7, 11) is 1.80. The number of anilines is 3. The summed E-state index contributed by atoms with van der Waals surface area (Å²) in [6.07, 6.45) is 1.72. The highest BCUT2D eigenvalue weighted by molar-refractivity contribution is 6.33. The van der Waals surface area contributed by atoms with Gasteiger partial charge in [-0.3, -0.25) is 0 Å². The van der Waals surface area contributed by atoms with Gasteiger partial charge in [-0.15, -0.1) is 0 Å². The van der Waals surface area contributed by atoms with Crippen LogP contribution >= 0.6 is 11.6 Å². The van der Waals surface area contributed by atoms with E-state index in [2.05, 4.69) is 20.3 Å². The van der Waals surface area contributed by atoms with Crippen LogP contribution in [0.4, 0.5) is 17.5 Å². The van der Waals surface area contributed by atoms with Gasteiger partial charge in [-0.2, -0.15) is 9.97 Å². The van der Waals surface area contributed by atoms with Gasteiger partial charge in [0.25, 0.3) is 0 Å². The molecule has 2 aromatic heterocycles. The van der Waals surface area contributed by atoms with Crippen LogP contribution in [0.3, 0.4) is 0 Å². The number of hydrogen-bond acceptors (Lipinski definition) is 7. The molecule has 31 heavy (non-hydrogen) atoms. The number of carboxylic acids is 1. The fraction of sp³-hybridized carbons (Fsp3) is 0.429. The number of aliphatic hydroxyl groups excluding tert-OH is 1. The van der Waals surface area contributed by atoms with Gasteiger partial charge in [-0.25, -0.2) is 9.78 Å². The number of hydrogen-bond donors (Lipinski definition) is 3. The molecule has 0 bridgehead atoms. The zero-order valence-electron chi connectivity index (χ0n) is 18.2. The summed E-state index contributed by atoms with van der Waals surface area (Å²) in [5, 5.41) is 22.3. The Morgan fingerprint density at radius 3 is 2.52 bits per heavy atom. The van der Waals surface area contributed by atoms with E-state index in [9.17, 15) is 15.0 Å². The largest absolute Gasteiger partial charge is 0.478 e. The number of nitrogens with zero attached hydrogens (tertiary/aromatic N) is 5. The highest BCUT2D eigenvalue weighted by Crippen LogP contribution is 2.32. The van der Waals surface area contributed by atoms with Gasteiger partial charge in [0.2, 0.25) is 5.95 Å². The Kier molecular flexibility index (Phi) is 6.66. The fourth-order valence-corrected chi connectivity index (χ4v) is 3.43. The molecule has 10 heteroatoms. The molecule has 3 N–H and O–H groups in total. The normalized spacial score (nSPS) is 12.5. The predicted molar refractivity (Wildman–Crippen MR) is 122 cm³/mol. The first-order valence-electron chi connectivity index (χ1n) is 10.0. The number of halogens is 1. The van der Waals surface area contributed by atoms with Gasteiger partial charge in [-0.1, -0.05) is 25.4 Å². The molecule has 2 heterocycles. The number of imidazole rings is 1. The van der Waals surface area contributed by atoms with E-state index in [-0.39, 0.29) is 35.2 Å². The summed E-state index contributed by atoms with van der Waals surface area (Å²) < 4.78 is 1.95. The minimum absolute atomic E-state index is 0.0285. The molecule has 0 radical (unpaired) electrons. The predicted octanol–water partition coefficient (Wildman–Crippen LogP) is 3.96. The summed E-state index contributed by atoms with van der Waals surface area (Å²) in [5.41, 5.74) is 1.94. The van der Waals surface area contributed by atoms with Gasteiger partial charge < -0.3 is 25.0 Å². The van der Waals surface area contributed by atoms with E-state index < -0.39 is 5.97 Å². The molecule has 1 atom stereocenters. The van der Waals surface area contributed by atoms with E-state index in [0.717, 1.165) is 0 Å². The van der Waals surface area contributed by atoms with Crippen molar-refractivity contribution in [3.63, 3.8) is 0 Å². The van der Waals surface area contributed by atoms with Gasteiger partial charge >= 0.3 is 5.97 Å². The minimum Gasteiger partial charge on any atom is -0.478 e. The number of rotatable bonds is 8. The maximum atomic E-state index is 11.3. The number of aliphatic hydroxyl groups is 1. The van der Waals surface area contributed by atoms with Crippen LogP contribution in [0, 0.1) is 5.92 Å². The van der Waals surface area contributed by atoms with Crippen LogP contribution in [0.5, 0.6) is 0 Å². The van der Waals surface area contributed by atoms with Crippen molar-refractivity contribution in [3.8, 4) is 0 Å². The lowest BCUT2D eigenvalue weighted by Crippen LogP contribution is -2.30. The van der Waals surface area contributed by atoms with Crippen LogP contribution in [0.25, 0.3) is 11.2 Å². The average molecular weight is 447 g/mol. The summed E-state index contributed by atoms with van der Waals surface area (Å²) in [6, 6.07) is 4.63. The van der Waals surface area contributed by atoms with Crippen LogP contribution in [-0.2, 0) is 0 Å². The maximum Gasteiger partial charge on any atom is 0.337 e. The molecule has 0 aliphatic heterocycles. The third-order valence-corrected chi connectivity index (χ3v) is 5.48. The molecular weight excluding hydrogens is 420 g/mol. The van der Waals surface area contributed by atoms with Crippen molar-refractivity contribution in [3.05, 3.63) is 35.1 Å². The minimum atomic E-state index is -1.09. The van der Waals surface area contributed by atoms with Gasteiger partial charge in [0.15, 0.2) is 17.0 Å². The standard InChI is InChI=1S/C21H27ClN6O3/c1-11(2)16(9-29)24-21-25-18(17-19(26-21)28(10-23-17)12(3)4)27(5)13-6-7-14(20(30)31)15(22)8-13/h6-8,10-12,16,29H,9H2,1-5H3,(H,30,31)(H,24,25,26)/t16-/m0/s1. The molecule has 166 valence electrons. The first-order chi connectivity index (χ1) is 14.6. The van der Waals surface area contributed by atoms with Crippen molar-refractivity contribution in [2.45, 2.75) is 39.8 Å². The summed E-state index contributed by atoms with van der Waals surface area (Å²) >= 11 is 6.17. The zero-order valence-corrected chi connectivity index (χ0v) is 18.9. The molecule has 0 saturated carbocycles. The lowest BCUT2D eigenvalue weighted by atomic mass is 10.1. The molecule has 0 aliphatic carbocycles. The van der Waals surface area contributed by atoms with Crippen LogP contribution in [0.1, 0.15) is 44.1 Å². The Bertz CT molecular complexity index is 1100. The molecule has 3 aromatic rings. The molecular formula is C21H27ClN6O3. The first-order valence-corrected chi connectivity index (χ1v) is 10.4. The Balaban J connectivity index is 2.13. The van der Waals surface area contributed by atoms with Crippen LogP contribution in [0.2, 0.25) is 5.02 Å². The second-order valence-corrected chi connectivity index (χ2v) is 8.40. The van der Waals surface area contributed by atoms with E-state index in [0.29, 0.717) is 28.6 Å². The second kappa shape index (κ2) is 9.07. The van der Waals surface area contributed by atoms with E-state index in [1.807, 2.05) is 32.3 Å². The van der Waals surface area contributed by atoms with Crippen LogP contribution in [0.15, 0.2) is 24.5 Å². The van der Waals surface area contributed by atoms with Gasteiger partial charge in [-0.05, 0) is 38.0 Å². The number of fused-ring (bicyclic) bond motifs is 1. The highest BCUT2D eigenvalue weighted by Gasteiger charge is 2.21. The molecule has 0 amide bonds. The second-order valence-electron chi connectivity index (χ2n) is 7.99. The molecule has 1 aromatic carbocycles. The zero-order chi connectivity index (χ0) is 22.9. The Morgan fingerprint density at radius 2 is 1.97 bits per heavy atom. The Labute approximate surface area is 185 Å². The van der Waals surface area contributed by atoms with E-state index in [4.69, 9.17) is 11.6 Å². The quantitative estimate of drug-likeness (QED) is 0.476. The smallest absolute Gasteiger partial charge is 0.337 e. The number of carbonyl (C=O) groups is 1. The number of aromatic carboxylic acids is 1. The van der Waals surface area contributed by atoms with Crippen LogP contribution < -0.4 is 10.2 Å². The van der Waals surface area contributed by atoms with Crippen molar-refractivity contribution in [1.82, 2.24) is 19.5 Å². The molecule has 0 unspecified atom stereocenters. The lowest BCUT2D eigenvalue weighted by molar-refractivity contribution is 0.0697. The van der Waals surface area contributed by atoms with Crippen molar-refractivity contribution >= 4 is 46.2 Å². The van der Waals surface area contributed by atoms with Crippen molar-refractivity contribution in [2.24, 2.45) is 5.92 Å². The first kappa shape index (κ1) is 22.8.